The predicted octanol–water partition coefficient (Wildman–Crippen LogP) is 2.99. The first-order valence-corrected chi connectivity index (χ1v) is 7.86. The van der Waals surface area contributed by atoms with Crippen LogP contribution >= 0.6 is 15.9 Å². The van der Waals surface area contributed by atoms with Crippen molar-refractivity contribution in [2.24, 2.45) is 0 Å². The highest BCUT2D eigenvalue weighted by atomic mass is 79.9. The molecule has 3 rings (SSSR count). The number of hydrogen-bond donors (Lipinski definition) is 1. The van der Waals surface area contributed by atoms with Gasteiger partial charge in [0.05, 0.1) is 12.6 Å². The van der Waals surface area contributed by atoms with Crippen LogP contribution in [0.5, 0.6) is 5.75 Å². The van der Waals surface area contributed by atoms with Crippen molar-refractivity contribution in [1.82, 2.24) is 15.3 Å². The van der Waals surface area contributed by atoms with E-state index in [2.05, 4.69) is 43.3 Å². The lowest BCUT2D eigenvalue weighted by molar-refractivity contribution is 0.351. The minimum atomic E-state index is 0.0770. The standard InChI is InChI=1S/C16H18BrN3O/c1-10-8-19-16(20-9-10)14(18-2)7-12-6-13(17)5-11-3-4-21-15(11)12/h5-6,8-9,14,18H,3-4,7H2,1-2H3. The normalized spacial score (nSPS) is 14.6. The first kappa shape index (κ1) is 14.5. The molecule has 1 atom stereocenters. The molecule has 2 heterocycles. The van der Waals surface area contributed by atoms with Crippen molar-refractivity contribution in [2.45, 2.75) is 25.8 Å². The number of likely N-dealkylation sites (N-methyl/N-ethyl adjacent to an activating group) is 1. The molecule has 0 radical (unpaired) electrons. The summed E-state index contributed by atoms with van der Waals surface area (Å²) in [5.41, 5.74) is 3.54. The van der Waals surface area contributed by atoms with Crippen molar-refractivity contribution < 1.29 is 4.74 Å². The number of rotatable bonds is 4. The second-order valence-corrected chi connectivity index (χ2v) is 6.23. The molecule has 110 valence electrons. The number of hydrogen-bond acceptors (Lipinski definition) is 4. The Morgan fingerprint density at radius 3 is 2.81 bits per heavy atom. The lowest BCUT2D eigenvalue weighted by Crippen LogP contribution is -2.21. The highest BCUT2D eigenvalue weighted by Gasteiger charge is 2.21. The van der Waals surface area contributed by atoms with Gasteiger partial charge < -0.3 is 10.1 Å². The van der Waals surface area contributed by atoms with Gasteiger partial charge in [0.15, 0.2) is 0 Å². The highest BCUT2D eigenvalue weighted by molar-refractivity contribution is 9.10. The zero-order valence-electron chi connectivity index (χ0n) is 12.2. The molecule has 2 aromatic rings. The number of nitrogens with one attached hydrogen (secondary N) is 1. The van der Waals surface area contributed by atoms with E-state index in [1.807, 2.05) is 26.4 Å². The number of aromatic nitrogens is 2. The monoisotopic (exact) mass is 347 g/mol. The maximum Gasteiger partial charge on any atom is 0.145 e. The number of fused-ring (bicyclic) bond motifs is 1. The topological polar surface area (TPSA) is 47.0 Å². The number of halogens is 1. The van der Waals surface area contributed by atoms with Gasteiger partial charge in [0.2, 0.25) is 0 Å². The molecular weight excluding hydrogens is 330 g/mol. The fraction of sp³-hybridized carbons (Fsp3) is 0.375. The summed E-state index contributed by atoms with van der Waals surface area (Å²) in [6.07, 6.45) is 5.50. The van der Waals surface area contributed by atoms with Crippen LogP contribution in [0.25, 0.3) is 0 Å². The van der Waals surface area contributed by atoms with Gasteiger partial charge in [-0.05, 0) is 49.2 Å². The summed E-state index contributed by atoms with van der Waals surface area (Å²) in [5.74, 6) is 1.85. The molecule has 1 aromatic heterocycles. The van der Waals surface area contributed by atoms with Crippen LogP contribution in [0.3, 0.4) is 0 Å². The smallest absolute Gasteiger partial charge is 0.145 e. The molecule has 0 aliphatic carbocycles. The van der Waals surface area contributed by atoms with Gasteiger partial charge in [0.1, 0.15) is 11.6 Å². The molecule has 0 saturated carbocycles. The van der Waals surface area contributed by atoms with Crippen LogP contribution in [-0.2, 0) is 12.8 Å². The van der Waals surface area contributed by atoms with E-state index in [9.17, 15) is 0 Å². The molecule has 4 nitrogen and oxygen atoms in total. The van der Waals surface area contributed by atoms with Gasteiger partial charge in [0.25, 0.3) is 0 Å². The molecule has 1 aliphatic heterocycles. The molecule has 1 unspecified atom stereocenters. The summed E-state index contributed by atoms with van der Waals surface area (Å²) in [6.45, 7) is 2.76. The highest BCUT2D eigenvalue weighted by Crippen LogP contribution is 2.35. The number of aryl methyl sites for hydroxylation is 1. The fourth-order valence-electron chi connectivity index (χ4n) is 2.62. The third kappa shape index (κ3) is 3.09. The number of nitrogens with zero attached hydrogens (tertiary/aromatic N) is 2. The molecule has 21 heavy (non-hydrogen) atoms. The summed E-state index contributed by atoms with van der Waals surface area (Å²) in [4.78, 5) is 8.87. The SMILES string of the molecule is CNC(Cc1cc(Br)cc2c1OCC2)c1ncc(C)cn1. The Morgan fingerprint density at radius 2 is 2.10 bits per heavy atom. The van der Waals surface area contributed by atoms with Crippen LogP contribution in [0.1, 0.15) is 28.6 Å². The zero-order valence-corrected chi connectivity index (χ0v) is 13.8. The minimum absolute atomic E-state index is 0.0770. The summed E-state index contributed by atoms with van der Waals surface area (Å²) in [6, 6.07) is 4.35. The van der Waals surface area contributed by atoms with Gasteiger partial charge in [-0.15, -0.1) is 0 Å². The van der Waals surface area contributed by atoms with E-state index in [0.29, 0.717) is 0 Å². The zero-order chi connectivity index (χ0) is 14.8. The van der Waals surface area contributed by atoms with E-state index in [-0.39, 0.29) is 6.04 Å². The van der Waals surface area contributed by atoms with Crippen LogP contribution in [0, 0.1) is 6.92 Å². The second kappa shape index (κ2) is 6.12. The maximum absolute atomic E-state index is 5.80. The Labute approximate surface area is 133 Å². The third-order valence-corrected chi connectivity index (χ3v) is 4.17. The Balaban J connectivity index is 1.89. The van der Waals surface area contributed by atoms with E-state index in [0.717, 1.165) is 41.1 Å². The maximum atomic E-state index is 5.80. The van der Waals surface area contributed by atoms with Gasteiger partial charge in [-0.25, -0.2) is 9.97 Å². The lowest BCUT2D eigenvalue weighted by Gasteiger charge is -2.17. The van der Waals surface area contributed by atoms with E-state index in [1.165, 1.54) is 11.1 Å². The Morgan fingerprint density at radius 1 is 1.33 bits per heavy atom. The van der Waals surface area contributed by atoms with Gasteiger partial charge in [-0.2, -0.15) is 0 Å². The fourth-order valence-corrected chi connectivity index (χ4v) is 3.18. The van der Waals surface area contributed by atoms with Crippen LogP contribution in [0.2, 0.25) is 0 Å². The summed E-state index contributed by atoms with van der Waals surface area (Å²) < 4.78 is 6.89. The average molecular weight is 348 g/mol. The molecule has 5 heteroatoms. The first-order valence-electron chi connectivity index (χ1n) is 7.07. The summed E-state index contributed by atoms with van der Waals surface area (Å²) in [7, 11) is 1.94. The molecule has 0 fully saturated rings. The van der Waals surface area contributed by atoms with E-state index < -0.39 is 0 Å². The Kier molecular flexibility index (Phi) is 4.22. The van der Waals surface area contributed by atoms with Crippen molar-refractivity contribution >= 4 is 15.9 Å². The molecular formula is C16H18BrN3O. The molecule has 0 spiro atoms. The lowest BCUT2D eigenvalue weighted by atomic mass is 10.0. The molecule has 0 bridgehead atoms. The quantitative estimate of drug-likeness (QED) is 0.923. The van der Waals surface area contributed by atoms with Crippen LogP contribution < -0.4 is 10.1 Å². The van der Waals surface area contributed by atoms with Gasteiger partial charge in [-0.3, -0.25) is 0 Å². The summed E-state index contributed by atoms with van der Waals surface area (Å²) >= 11 is 3.59. The van der Waals surface area contributed by atoms with Crippen LogP contribution in [0.4, 0.5) is 0 Å². The second-order valence-electron chi connectivity index (χ2n) is 5.32. The Bertz CT molecular complexity index is 643. The molecule has 1 N–H and O–H groups in total. The van der Waals surface area contributed by atoms with Crippen molar-refractivity contribution in [2.75, 3.05) is 13.7 Å². The largest absolute Gasteiger partial charge is 0.493 e. The van der Waals surface area contributed by atoms with Crippen molar-refractivity contribution in [3.05, 3.63) is 51.5 Å². The summed E-state index contributed by atoms with van der Waals surface area (Å²) in [5, 5.41) is 3.30. The van der Waals surface area contributed by atoms with E-state index in [1.54, 1.807) is 0 Å². The average Bonchev–Trinajstić information content (AvgIpc) is 2.94. The van der Waals surface area contributed by atoms with E-state index in [4.69, 9.17) is 4.74 Å². The minimum Gasteiger partial charge on any atom is -0.493 e. The van der Waals surface area contributed by atoms with E-state index >= 15 is 0 Å². The van der Waals surface area contributed by atoms with Crippen molar-refractivity contribution in [3.63, 3.8) is 0 Å². The molecule has 0 amide bonds. The first-order chi connectivity index (χ1) is 10.2. The Hall–Kier alpha value is -1.46. The number of benzene rings is 1. The van der Waals surface area contributed by atoms with Gasteiger partial charge in [0, 0.05) is 23.3 Å². The van der Waals surface area contributed by atoms with Crippen LogP contribution in [-0.4, -0.2) is 23.6 Å². The van der Waals surface area contributed by atoms with Crippen molar-refractivity contribution in [1.29, 1.82) is 0 Å². The predicted molar refractivity (Wildman–Crippen MR) is 85.6 cm³/mol. The van der Waals surface area contributed by atoms with Gasteiger partial charge in [-0.1, -0.05) is 15.9 Å². The van der Waals surface area contributed by atoms with Crippen LogP contribution in [0.15, 0.2) is 29.0 Å². The molecule has 0 saturated heterocycles. The molecule has 1 aliphatic rings. The van der Waals surface area contributed by atoms with Gasteiger partial charge >= 0.3 is 0 Å². The van der Waals surface area contributed by atoms with Crippen molar-refractivity contribution in [3.8, 4) is 5.75 Å². The number of ether oxygens (including phenoxy) is 1. The third-order valence-electron chi connectivity index (χ3n) is 3.71. The molecule has 1 aromatic carbocycles.